The van der Waals surface area contributed by atoms with Gasteiger partial charge in [0.2, 0.25) is 5.91 Å². The van der Waals surface area contributed by atoms with Gasteiger partial charge in [-0.05, 0) is 61.4 Å². The Bertz CT molecular complexity index is 1160. The summed E-state index contributed by atoms with van der Waals surface area (Å²) in [4.78, 5) is 28.6. The third-order valence-corrected chi connectivity index (χ3v) is 6.96. The zero-order valence-corrected chi connectivity index (χ0v) is 19.5. The van der Waals surface area contributed by atoms with Gasteiger partial charge in [-0.1, -0.05) is 60.7 Å². The molecule has 34 heavy (non-hydrogen) atoms. The number of hydrogen-bond donors (Lipinski definition) is 2. The van der Waals surface area contributed by atoms with Crippen LogP contribution in [0, 0.1) is 5.92 Å². The minimum Gasteiger partial charge on any atom is -0.371 e. The summed E-state index contributed by atoms with van der Waals surface area (Å²) in [7, 11) is 0. The number of carbonyl (C=O) groups is 2. The molecule has 1 saturated carbocycles. The van der Waals surface area contributed by atoms with Crippen LogP contribution in [0.1, 0.15) is 59.6 Å². The van der Waals surface area contributed by atoms with Crippen LogP contribution in [0.25, 0.3) is 0 Å². The molecule has 174 valence electrons. The van der Waals surface area contributed by atoms with Crippen molar-refractivity contribution in [1.29, 1.82) is 0 Å². The normalized spacial score (nSPS) is 20.0. The van der Waals surface area contributed by atoms with Gasteiger partial charge >= 0.3 is 0 Å². The van der Waals surface area contributed by atoms with Gasteiger partial charge in [-0.15, -0.1) is 0 Å². The molecule has 1 aliphatic carbocycles. The molecular formula is C29H31N3O2. The van der Waals surface area contributed by atoms with Gasteiger partial charge < -0.3 is 15.5 Å². The summed E-state index contributed by atoms with van der Waals surface area (Å²) in [5, 5.41) is 6.21. The lowest BCUT2D eigenvalue weighted by molar-refractivity contribution is -0.117. The first kappa shape index (κ1) is 22.2. The molecule has 2 fully saturated rings. The standard InChI is InChI=1S/C29H31N3O2/c1-20(21-10-4-2-5-11-21)30-29(34)26-18-23(14-15-27(26)32-16-8-9-17-32)31-28(33)25-19-24(25)22-12-6-3-7-13-22/h2-7,10-15,18,20,24-25H,8-9,16-17,19H2,1H3,(H,30,34)(H,31,33). The molecular weight excluding hydrogens is 422 g/mol. The molecule has 1 saturated heterocycles. The van der Waals surface area contributed by atoms with Crippen LogP contribution in [0.5, 0.6) is 0 Å². The van der Waals surface area contributed by atoms with E-state index < -0.39 is 0 Å². The second-order valence-electron chi connectivity index (χ2n) is 9.38. The van der Waals surface area contributed by atoms with Gasteiger partial charge in [0.25, 0.3) is 5.91 Å². The Morgan fingerprint density at radius 1 is 0.912 bits per heavy atom. The molecule has 3 aromatic rings. The monoisotopic (exact) mass is 453 g/mol. The predicted molar refractivity (Wildman–Crippen MR) is 136 cm³/mol. The molecule has 0 radical (unpaired) electrons. The second-order valence-corrected chi connectivity index (χ2v) is 9.38. The van der Waals surface area contributed by atoms with Crippen LogP contribution in [-0.2, 0) is 4.79 Å². The van der Waals surface area contributed by atoms with E-state index in [4.69, 9.17) is 0 Å². The summed E-state index contributed by atoms with van der Waals surface area (Å²) in [6, 6.07) is 25.8. The summed E-state index contributed by atoms with van der Waals surface area (Å²) in [6.07, 6.45) is 3.12. The van der Waals surface area contributed by atoms with Crippen molar-refractivity contribution in [3.05, 3.63) is 95.6 Å². The molecule has 3 unspecified atom stereocenters. The predicted octanol–water partition coefficient (Wildman–Crippen LogP) is 5.52. The highest BCUT2D eigenvalue weighted by atomic mass is 16.2. The van der Waals surface area contributed by atoms with E-state index in [-0.39, 0.29) is 29.7 Å². The van der Waals surface area contributed by atoms with Crippen LogP contribution in [0.15, 0.2) is 78.9 Å². The largest absolute Gasteiger partial charge is 0.371 e. The number of hydrogen-bond acceptors (Lipinski definition) is 3. The van der Waals surface area contributed by atoms with Gasteiger partial charge in [-0.2, -0.15) is 0 Å². The van der Waals surface area contributed by atoms with Gasteiger partial charge in [0, 0.05) is 30.4 Å². The lowest BCUT2D eigenvalue weighted by Crippen LogP contribution is -2.29. The van der Waals surface area contributed by atoms with Crippen molar-refractivity contribution in [2.24, 2.45) is 5.92 Å². The van der Waals surface area contributed by atoms with Gasteiger partial charge in [0.05, 0.1) is 11.6 Å². The van der Waals surface area contributed by atoms with Crippen LogP contribution >= 0.6 is 0 Å². The van der Waals surface area contributed by atoms with E-state index in [1.807, 2.05) is 73.7 Å². The van der Waals surface area contributed by atoms with Crippen molar-refractivity contribution in [1.82, 2.24) is 5.32 Å². The Hall–Kier alpha value is -3.60. The van der Waals surface area contributed by atoms with Crippen molar-refractivity contribution >= 4 is 23.2 Å². The molecule has 0 spiro atoms. The number of rotatable bonds is 7. The second kappa shape index (κ2) is 9.72. The Morgan fingerprint density at radius 3 is 2.29 bits per heavy atom. The third kappa shape index (κ3) is 4.84. The average molecular weight is 454 g/mol. The van der Waals surface area contributed by atoms with Gasteiger partial charge in [0.15, 0.2) is 0 Å². The van der Waals surface area contributed by atoms with Crippen LogP contribution in [0.2, 0.25) is 0 Å². The van der Waals surface area contributed by atoms with E-state index in [0.29, 0.717) is 11.3 Å². The number of carbonyl (C=O) groups excluding carboxylic acids is 2. The smallest absolute Gasteiger partial charge is 0.253 e. The number of amides is 2. The van der Waals surface area contributed by atoms with Crippen LogP contribution in [0.4, 0.5) is 11.4 Å². The third-order valence-electron chi connectivity index (χ3n) is 6.96. The highest BCUT2D eigenvalue weighted by Crippen LogP contribution is 2.48. The fraction of sp³-hybridized carbons (Fsp3) is 0.310. The Balaban J connectivity index is 1.33. The summed E-state index contributed by atoms with van der Waals surface area (Å²) in [5.74, 6) is 0.158. The van der Waals surface area contributed by atoms with E-state index in [1.54, 1.807) is 0 Å². The highest BCUT2D eigenvalue weighted by molar-refractivity contribution is 6.03. The van der Waals surface area contributed by atoms with E-state index in [2.05, 4.69) is 27.7 Å². The molecule has 5 heteroatoms. The van der Waals surface area contributed by atoms with E-state index in [9.17, 15) is 9.59 Å². The summed E-state index contributed by atoms with van der Waals surface area (Å²) >= 11 is 0. The molecule has 0 aromatic heterocycles. The Kier molecular flexibility index (Phi) is 6.35. The maximum absolute atomic E-state index is 13.4. The zero-order chi connectivity index (χ0) is 23.5. The molecule has 2 amide bonds. The Labute approximate surface area is 201 Å². The van der Waals surface area contributed by atoms with Crippen LogP contribution in [-0.4, -0.2) is 24.9 Å². The van der Waals surface area contributed by atoms with E-state index in [0.717, 1.165) is 43.6 Å². The van der Waals surface area contributed by atoms with Crippen molar-refractivity contribution < 1.29 is 9.59 Å². The molecule has 5 rings (SSSR count). The fourth-order valence-corrected chi connectivity index (χ4v) is 4.92. The molecule has 1 heterocycles. The van der Waals surface area contributed by atoms with Gasteiger partial charge in [-0.25, -0.2) is 0 Å². The lowest BCUT2D eigenvalue weighted by atomic mass is 10.1. The summed E-state index contributed by atoms with van der Waals surface area (Å²) in [5.41, 5.74) is 4.48. The summed E-state index contributed by atoms with van der Waals surface area (Å²) < 4.78 is 0. The molecule has 2 aliphatic rings. The molecule has 2 N–H and O–H groups in total. The topological polar surface area (TPSA) is 61.4 Å². The SMILES string of the molecule is CC(NC(=O)c1cc(NC(=O)C2CC2c2ccccc2)ccc1N1CCCC1)c1ccccc1. The van der Waals surface area contributed by atoms with Crippen molar-refractivity contribution in [3.63, 3.8) is 0 Å². The Morgan fingerprint density at radius 2 is 1.59 bits per heavy atom. The van der Waals surface area contributed by atoms with Gasteiger partial charge in [0.1, 0.15) is 0 Å². The minimum absolute atomic E-state index is 0.0176. The fourth-order valence-electron chi connectivity index (χ4n) is 4.92. The first-order valence-electron chi connectivity index (χ1n) is 12.2. The van der Waals surface area contributed by atoms with Crippen LogP contribution < -0.4 is 15.5 Å². The molecule has 1 aliphatic heterocycles. The first-order chi connectivity index (χ1) is 16.6. The number of benzene rings is 3. The quantitative estimate of drug-likeness (QED) is 0.495. The zero-order valence-electron chi connectivity index (χ0n) is 19.5. The van der Waals surface area contributed by atoms with E-state index in [1.165, 1.54) is 5.56 Å². The molecule has 3 atom stereocenters. The van der Waals surface area contributed by atoms with Crippen molar-refractivity contribution in [3.8, 4) is 0 Å². The van der Waals surface area contributed by atoms with Crippen molar-refractivity contribution in [2.75, 3.05) is 23.3 Å². The maximum Gasteiger partial charge on any atom is 0.253 e. The summed E-state index contributed by atoms with van der Waals surface area (Å²) in [6.45, 7) is 3.88. The van der Waals surface area contributed by atoms with Crippen LogP contribution in [0.3, 0.4) is 0 Å². The van der Waals surface area contributed by atoms with Crippen molar-refractivity contribution in [2.45, 2.75) is 38.1 Å². The number of nitrogens with one attached hydrogen (secondary N) is 2. The van der Waals surface area contributed by atoms with E-state index >= 15 is 0 Å². The maximum atomic E-state index is 13.4. The molecule has 0 bridgehead atoms. The molecule has 5 nitrogen and oxygen atoms in total. The first-order valence-corrected chi connectivity index (χ1v) is 12.2. The highest BCUT2D eigenvalue weighted by Gasteiger charge is 2.43. The number of nitrogens with zero attached hydrogens (tertiary/aromatic N) is 1. The average Bonchev–Trinajstić information content (AvgIpc) is 3.50. The minimum atomic E-state index is -0.122. The molecule has 3 aromatic carbocycles. The lowest BCUT2D eigenvalue weighted by Gasteiger charge is -2.23. The van der Waals surface area contributed by atoms with Gasteiger partial charge in [-0.3, -0.25) is 9.59 Å². The number of anilines is 2.